The molecule has 0 unspecified atom stereocenters. The first-order valence-corrected chi connectivity index (χ1v) is 8.44. The highest BCUT2D eigenvalue weighted by Gasteiger charge is 2.33. The SMILES string of the molecule is CCC1(CC)CSC(=NCCN2CCCCC2)N1. The Morgan fingerprint density at radius 3 is 2.56 bits per heavy atom. The molecule has 18 heavy (non-hydrogen) atoms. The molecule has 0 atom stereocenters. The van der Waals surface area contributed by atoms with E-state index in [4.69, 9.17) is 4.99 Å². The molecule has 2 saturated heterocycles. The quantitative estimate of drug-likeness (QED) is 0.831. The third-order valence-corrected chi connectivity index (χ3v) is 5.53. The van der Waals surface area contributed by atoms with Crippen molar-refractivity contribution in [1.82, 2.24) is 10.2 Å². The molecule has 0 saturated carbocycles. The Bertz CT molecular complexity index is 281. The average Bonchev–Trinajstić information content (AvgIpc) is 2.84. The number of likely N-dealkylation sites (tertiary alicyclic amines) is 1. The molecular weight excluding hydrogens is 242 g/mol. The van der Waals surface area contributed by atoms with Gasteiger partial charge >= 0.3 is 0 Å². The highest BCUT2D eigenvalue weighted by molar-refractivity contribution is 8.14. The molecule has 0 spiro atoms. The molecule has 4 heteroatoms. The molecule has 0 amide bonds. The smallest absolute Gasteiger partial charge is 0.157 e. The van der Waals surface area contributed by atoms with Gasteiger partial charge in [0.15, 0.2) is 5.17 Å². The Kier molecular flexibility index (Phi) is 5.37. The van der Waals surface area contributed by atoms with Gasteiger partial charge in [0, 0.05) is 17.8 Å². The summed E-state index contributed by atoms with van der Waals surface area (Å²) in [6, 6.07) is 0. The second kappa shape index (κ2) is 6.80. The van der Waals surface area contributed by atoms with Crippen LogP contribution in [-0.4, -0.2) is 47.5 Å². The van der Waals surface area contributed by atoms with Crippen LogP contribution in [0.5, 0.6) is 0 Å². The number of aliphatic imine (C=N–C) groups is 1. The zero-order chi connectivity index (χ0) is 12.8. The predicted octanol–water partition coefficient (Wildman–Crippen LogP) is 2.72. The molecule has 2 rings (SSSR count). The summed E-state index contributed by atoms with van der Waals surface area (Å²) in [5, 5.41) is 4.81. The summed E-state index contributed by atoms with van der Waals surface area (Å²) >= 11 is 1.91. The van der Waals surface area contributed by atoms with E-state index in [-0.39, 0.29) is 0 Å². The average molecular weight is 269 g/mol. The molecule has 1 N–H and O–H groups in total. The lowest BCUT2D eigenvalue weighted by atomic mass is 9.96. The van der Waals surface area contributed by atoms with Crippen LogP contribution in [0.1, 0.15) is 46.0 Å². The molecule has 0 aromatic heterocycles. The largest absolute Gasteiger partial charge is 0.359 e. The van der Waals surface area contributed by atoms with Gasteiger partial charge in [0.25, 0.3) is 0 Å². The topological polar surface area (TPSA) is 27.6 Å². The van der Waals surface area contributed by atoms with Crippen molar-refractivity contribution in [3.8, 4) is 0 Å². The van der Waals surface area contributed by atoms with Gasteiger partial charge in [-0.2, -0.15) is 0 Å². The van der Waals surface area contributed by atoms with E-state index in [1.165, 1.54) is 56.1 Å². The van der Waals surface area contributed by atoms with Crippen molar-refractivity contribution >= 4 is 16.9 Å². The number of hydrogen-bond donors (Lipinski definition) is 1. The van der Waals surface area contributed by atoms with Gasteiger partial charge in [-0.1, -0.05) is 32.0 Å². The minimum Gasteiger partial charge on any atom is -0.359 e. The molecule has 0 radical (unpaired) electrons. The summed E-state index contributed by atoms with van der Waals surface area (Å²) in [6.07, 6.45) is 6.55. The molecule has 2 fully saturated rings. The Hall–Kier alpha value is -0.220. The molecule has 2 heterocycles. The zero-order valence-electron chi connectivity index (χ0n) is 11.9. The monoisotopic (exact) mass is 269 g/mol. The minimum atomic E-state index is 0.314. The molecule has 0 aromatic rings. The van der Waals surface area contributed by atoms with Crippen molar-refractivity contribution in [2.75, 3.05) is 31.9 Å². The Labute approximate surface area is 116 Å². The van der Waals surface area contributed by atoms with Crippen LogP contribution in [-0.2, 0) is 0 Å². The molecule has 0 aromatic carbocycles. The van der Waals surface area contributed by atoms with E-state index in [1.54, 1.807) is 0 Å². The second-order valence-electron chi connectivity index (χ2n) is 5.49. The van der Waals surface area contributed by atoms with E-state index >= 15 is 0 Å². The Morgan fingerprint density at radius 2 is 1.94 bits per heavy atom. The molecule has 3 nitrogen and oxygen atoms in total. The third kappa shape index (κ3) is 3.64. The molecule has 0 bridgehead atoms. The summed E-state index contributed by atoms with van der Waals surface area (Å²) in [7, 11) is 0. The van der Waals surface area contributed by atoms with E-state index in [9.17, 15) is 0 Å². The Balaban J connectivity index is 1.73. The van der Waals surface area contributed by atoms with E-state index in [2.05, 4.69) is 24.1 Å². The number of thioether (sulfide) groups is 1. The molecule has 2 aliphatic rings. The van der Waals surface area contributed by atoms with Gasteiger partial charge in [-0.3, -0.25) is 4.99 Å². The number of hydrogen-bond acceptors (Lipinski definition) is 3. The molecule has 2 aliphatic heterocycles. The number of nitrogens with one attached hydrogen (secondary N) is 1. The van der Waals surface area contributed by atoms with Crippen LogP contribution in [0.3, 0.4) is 0 Å². The molecular formula is C14H27N3S. The maximum absolute atomic E-state index is 4.74. The maximum Gasteiger partial charge on any atom is 0.157 e. The molecule has 104 valence electrons. The van der Waals surface area contributed by atoms with Crippen LogP contribution >= 0.6 is 11.8 Å². The number of nitrogens with zero attached hydrogens (tertiary/aromatic N) is 2. The van der Waals surface area contributed by atoms with Gasteiger partial charge in [-0.25, -0.2) is 0 Å². The fourth-order valence-corrected chi connectivity index (χ4v) is 4.06. The lowest BCUT2D eigenvalue weighted by molar-refractivity contribution is 0.235. The third-order valence-electron chi connectivity index (χ3n) is 4.33. The normalized spacial score (nSPS) is 26.4. The summed E-state index contributed by atoms with van der Waals surface area (Å²) in [5.41, 5.74) is 0.314. The number of piperidine rings is 1. The predicted molar refractivity (Wildman–Crippen MR) is 81.5 cm³/mol. The molecule has 0 aliphatic carbocycles. The van der Waals surface area contributed by atoms with Gasteiger partial charge in [0.1, 0.15) is 0 Å². The van der Waals surface area contributed by atoms with Crippen molar-refractivity contribution in [3.63, 3.8) is 0 Å². The first kappa shape index (κ1) is 14.2. The van der Waals surface area contributed by atoms with Crippen LogP contribution in [0.15, 0.2) is 4.99 Å². The van der Waals surface area contributed by atoms with E-state index in [0.29, 0.717) is 5.54 Å². The van der Waals surface area contributed by atoms with Gasteiger partial charge in [0.2, 0.25) is 0 Å². The van der Waals surface area contributed by atoms with Crippen LogP contribution in [0.4, 0.5) is 0 Å². The van der Waals surface area contributed by atoms with Gasteiger partial charge in [-0.15, -0.1) is 0 Å². The second-order valence-corrected chi connectivity index (χ2v) is 6.45. The van der Waals surface area contributed by atoms with Gasteiger partial charge in [0.05, 0.1) is 6.54 Å². The summed E-state index contributed by atoms with van der Waals surface area (Å²) < 4.78 is 0. The van der Waals surface area contributed by atoms with E-state index in [1.807, 2.05) is 11.8 Å². The van der Waals surface area contributed by atoms with Crippen LogP contribution in [0.2, 0.25) is 0 Å². The number of amidine groups is 1. The van der Waals surface area contributed by atoms with Crippen LogP contribution in [0.25, 0.3) is 0 Å². The fraction of sp³-hybridized carbons (Fsp3) is 0.929. The van der Waals surface area contributed by atoms with E-state index in [0.717, 1.165) is 13.1 Å². The van der Waals surface area contributed by atoms with E-state index < -0.39 is 0 Å². The fourth-order valence-electron chi connectivity index (χ4n) is 2.70. The number of rotatable bonds is 5. The zero-order valence-corrected chi connectivity index (χ0v) is 12.7. The summed E-state index contributed by atoms with van der Waals surface area (Å²) in [6.45, 7) is 9.19. The van der Waals surface area contributed by atoms with Crippen molar-refractivity contribution in [3.05, 3.63) is 0 Å². The van der Waals surface area contributed by atoms with Crippen molar-refractivity contribution in [2.45, 2.75) is 51.5 Å². The lowest BCUT2D eigenvalue weighted by Crippen LogP contribution is -2.42. The van der Waals surface area contributed by atoms with Crippen molar-refractivity contribution in [2.24, 2.45) is 4.99 Å². The van der Waals surface area contributed by atoms with Crippen molar-refractivity contribution < 1.29 is 0 Å². The maximum atomic E-state index is 4.74. The highest BCUT2D eigenvalue weighted by Crippen LogP contribution is 2.28. The Morgan fingerprint density at radius 1 is 1.22 bits per heavy atom. The van der Waals surface area contributed by atoms with Crippen LogP contribution in [0, 0.1) is 0 Å². The summed E-state index contributed by atoms with van der Waals surface area (Å²) in [5.74, 6) is 1.18. The van der Waals surface area contributed by atoms with Crippen molar-refractivity contribution in [1.29, 1.82) is 0 Å². The first-order chi connectivity index (χ1) is 8.78. The standard InChI is InChI=1S/C14H27N3S/c1-3-14(4-2)12-18-13(16-14)15-8-11-17-9-6-5-7-10-17/h3-12H2,1-2H3,(H,15,16). The van der Waals surface area contributed by atoms with Gasteiger partial charge in [-0.05, 0) is 38.8 Å². The van der Waals surface area contributed by atoms with Gasteiger partial charge < -0.3 is 10.2 Å². The van der Waals surface area contributed by atoms with Crippen LogP contribution < -0.4 is 5.32 Å². The summed E-state index contributed by atoms with van der Waals surface area (Å²) in [4.78, 5) is 7.29. The lowest BCUT2D eigenvalue weighted by Gasteiger charge is -2.26. The first-order valence-electron chi connectivity index (χ1n) is 7.46. The minimum absolute atomic E-state index is 0.314. The highest BCUT2D eigenvalue weighted by atomic mass is 32.2.